The van der Waals surface area contributed by atoms with Gasteiger partial charge in [0.1, 0.15) is 0 Å². The van der Waals surface area contributed by atoms with E-state index in [1.165, 1.54) is 19.3 Å². The number of carbonyl (C=O) groups is 2. The Morgan fingerprint density at radius 3 is 2.22 bits per heavy atom. The normalized spacial score (nSPS) is 10.4. The molecule has 4 heteroatoms. The van der Waals surface area contributed by atoms with Crippen LogP contribution in [0.4, 0.5) is 11.4 Å². The van der Waals surface area contributed by atoms with Crippen LogP contribution in [0.2, 0.25) is 0 Å². The first kappa shape index (κ1) is 20.7. The molecule has 0 aromatic heterocycles. The maximum atomic E-state index is 13.1. The molecule has 2 aromatic carbocycles. The molecule has 0 aliphatic heterocycles. The number of carbonyl (C=O) groups excluding carboxylic acids is 2. The van der Waals surface area contributed by atoms with Gasteiger partial charge in [-0.1, -0.05) is 62.9 Å². The number of amides is 2. The van der Waals surface area contributed by atoms with Crippen LogP contribution in [0, 0.1) is 0 Å². The largest absolute Gasteiger partial charge is 0.325 e. The second-order valence-electron chi connectivity index (χ2n) is 6.64. The maximum absolute atomic E-state index is 13.1. The summed E-state index contributed by atoms with van der Waals surface area (Å²) in [7, 11) is 0. The number of hydrogen-bond donors (Lipinski definition) is 1. The molecule has 0 heterocycles. The Labute approximate surface area is 162 Å². The summed E-state index contributed by atoms with van der Waals surface area (Å²) in [6.45, 7) is 4.68. The lowest BCUT2D eigenvalue weighted by Crippen LogP contribution is -2.31. The molecule has 0 aliphatic rings. The van der Waals surface area contributed by atoms with Crippen LogP contribution in [0.1, 0.15) is 62.7 Å². The molecule has 0 saturated heterocycles. The van der Waals surface area contributed by atoms with Crippen LogP contribution < -0.4 is 10.2 Å². The van der Waals surface area contributed by atoms with Gasteiger partial charge in [-0.05, 0) is 37.6 Å². The lowest BCUT2D eigenvalue weighted by molar-refractivity contribution is -0.116. The summed E-state index contributed by atoms with van der Waals surface area (Å²) in [5.74, 6) is -0.142. The zero-order valence-electron chi connectivity index (χ0n) is 16.4. The fourth-order valence-electron chi connectivity index (χ4n) is 3.08. The highest BCUT2D eigenvalue weighted by Crippen LogP contribution is 2.22. The van der Waals surface area contributed by atoms with Crippen LogP contribution in [-0.2, 0) is 4.79 Å². The first-order valence-corrected chi connectivity index (χ1v) is 9.93. The summed E-state index contributed by atoms with van der Waals surface area (Å²) in [6, 6.07) is 16.8. The second kappa shape index (κ2) is 11.2. The van der Waals surface area contributed by atoms with E-state index in [4.69, 9.17) is 0 Å². The highest BCUT2D eigenvalue weighted by atomic mass is 16.2. The molecule has 2 amide bonds. The van der Waals surface area contributed by atoms with Gasteiger partial charge in [-0.3, -0.25) is 9.59 Å². The third-order valence-electron chi connectivity index (χ3n) is 4.57. The smallest absolute Gasteiger partial charge is 0.260 e. The highest BCUT2D eigenvalue weighted by molar-refractivity contribution is 6.11. The molecule has 2 aromatic rings. The van der Waals surface area contributed by atoms with Crippen molar-refractivity contribution in [2.24, 2.45) is 0 Å². The Morgan fingerprint density at radius 1 is 0.852 bits per heavy atom. The minimum atomic E-state index is -0.109. The summed E-state index contributed by atoms with van der Waals surface area (Å²) in [4.78, 5) is 27.1. The van der Waals surface area contributed by atoms with Crippen LogP contribution in [0.3, 0.4) is 0 Å². The number of nitrogens with zero attached hydrogens (tertiary/aromatic N) is 1. The van der Waals surface area contributed by atoms with Crippen LogP contribution in [0.15, 0.2) is 54.6 Å². The van der Waals surface area contributed by atoms with Gasteiger partial charge in [0.25, 0.3) is 5.91 Å². The molecule has 4 nitrogen and oxygen atoms in total. The van der Waals surface area contributed by atoms with Crippen molar-refractivity contribution in [3.8, 4) is 0 Å². The summed E-state index contributed by atoms with van der Waals surface area (Å²) >= 11 is 0. The number of anilines is 2. The van der Waals surface area contributed by atoms with E-state index in [1.54, 1.807) is 17.0 Å². The topological polar surface area (TPSA) is 49.4 Å². The molecule has 0 aliphatic carbocycles. The molecular weight excluding hydrogens is 336 g/mol. The molecule has 144 valence electrons. The van der Waals surface area contributed by atoms with Crippen LogP contribution in [0.25, 0.3) is 0 Å². The number of benzene rings is 2. The lowest BCUT2D eigenvalue weighted by atomic mass is 10.1. The highest BCUT2D eigenvalue weighted by Gasteiger charge is 2.19. The van der Waals surface area contributed by atoms with Gasteiger partial charge < -0.3 is 10.2 Å². The summed E-state index contributed by atoms with van der Waals surface area (Å²) < 4.78 is 0. The summed E-state index contributed by atoms with van der Waals surface area (Å²) in [5, 5.41) is 2.93. The van der Waals surface area contributed by atoms with Crippen molar-refractivity contribution in [1.82, 2.24) is 0 Å². The van der Waals surface area contributed by atoms with Crippen LogP contribution in [-0.4, -0.2) is 18.4 Å². The van der Waals surface area contributed by atoms with E-state index < -0.39 is 0 Å². The van der Waals surface area contributed by atoms with E-state index in [1.807, 2.05) is 49.4 Å². The van der Waals surface area contributed by atoms with Crippen molar-refractivity contribution < 1.29 is 9.59 Å². The van der Waals surface area contributed by atoms with Crippen molar-refractivity contribution >= 4 is 23.2 Å². The van der Waals surface area contributed by atoms with Gasteiger partial charge in [0.2, 0.25) is 5.91 Å². The minimum absolute atomic E-state index is 0.0329. The van der Waals surface area contributed by atoms with Gasteiger partial charge in [-0.2, -0.15) is 0 Å². The van der Waals surface area contributed by atoms with E-state index in [0.717, 1.165) is 18.5 Å². The lowest BCUT2D eigenvalue weighted by Gasteiger charge is -2.22. The molecule has 2 rings (SSSR count). The Hall–Kier alpha value is -2.62. The molecule has 0 spiro atoms. The van der Waals surface area contributed by atoms with E-state index >= 15 is 0 Å². The van der Waals surface area contributed by atoms with Gasteiger partial charge in [-0.25, -0.2) is 0 Å². The molecule has 0 saturated carbocycles. The monoisotopic (exact) mass is 366 g/mol. The fourth-order valence-corrected chi connectivity index (χ4v) is 3.08. The zero-order chi connectivity index (χ0) is 19.5. The molecule has 0 bridgehead atoms. The third-order valence-corrected chi connectivity index (χ3v) is 4.57. The average Bonchev–Trinajstić information content (AvgIpc) is 2.69. The fraction of sp³-hybridized carbons (Fsp3) is 0.391. The van der Waals surface area contributed by atoms with Crippen LogP contribution in [0.5, 0.6) is 0 Å². The summed E-state index contributed by atoms with van der Waals surface area (Å²) in [5.41, 5.74) is 1.94. The van der Waals surface area contributed by atoms with Crippen molar-refractivity contribution in [2.45, 2.75) is 52.4 Å². The number of hydrogen-bond acceptors (Lipinski definition) is 2. The van der Waals surface area contributed by atoms with E-state index in [-0.39, 0.29) is 11.8 Å². The molecule has 0 radical (unpaired) electrons. The van der Waals surface area contributed by atoms with Crippen molar-refractivity contribution in [3.63, 3.8) is 0 Å². The second-order valence-corrected chi connectivity index (χ2v) is 6.64. The molecule has 1 N–H and O–H groups in total. The van der Waals surface area contributed by atoms with E-state index in [2.05, 4.69) is 12.2 Å². The molecule has 0 fully saturated rings. The molecule has 0 unspecified atom stereocenters. The average molecular weight is 367 g/mol. The minimum Gasteiger partial charge on any atom is -0.325 e. The zero-order valence-corrected chi connectivity index (χ0v) is 16.4. The quantitative estimate of drug-likeness (QED) is 0.552. The van der Waals surface area contributed by atoms with Gasteiger partial charge in [0.05, 0.1) is 11.3 Å². The van der Waals surface area contributed by atoms with Crippen molar-refractivity contribution in [1.29, 1.82) is 0 Å². The number of rotatable bonds is 10. The predicted molar refractivity (Wildman–Crippen MR) is 112 cm³/mol. The van der Waals surface area contributed by atoms with Gasteiger partial charge >= 0.3 is 0 Å². The summed E-state index contributed by atoms with van der Waals surface area (Å²) in [6.07, 6.45) is 6.01. The molecular formula is C23H30N2O2. The maximum Gasteiger partial charge on any atom is 0.260 e. The first-order chi connectivity index (χ1) is 13.2. The Kier molecular flexibility index (Phi) is 8.56. The SMILES string of the molecule is CCCCCCCC(=O)Nc1ccccc1C(=O)N(CC)c1ccccc1. The van der Waals surface area contributed by atoms with Gasteiger partial charge in [0.15, 0.2) is 0 Å². The van der Waals surface area contributed by atoms with E-state index in [9.17, 15) is 9.59 Å². The standard InChI is InChI=1S/C23H30N2O2/c1-3-5-6-7-11-18-22(26)24-21-17-13-12-16-20(21)23(27)25(4-2)19-14-9-8-10-15-19/h8-10,12-17H,3-7,11,18H2,1-2H3,(H,24,26). The van der Waals surface area contributed by atoms with E-state index in [0.29, 0.717) is 24.2 Å². The first-order valence-electron chi connectivity index (χ1n) is 9.93. The molecule has 0 atom stereocenters. The molecule has 27 heavy (non-hydrogen) atoms. The number of para-hydroxylation sites is 2. The predicted octanol–water partition coefficient (Wildman–Crippen LogP) is 5.65. The number of nitrogens with one attached hydrogen (secondary N) is 1. The Bertz CT molecular complexity index is 728. The van der Waals surface area contributed by atoms with Crippen LogP contribution >= 0.6 is 0 Å². The Balaban J connectivity index is 2.06. The van der Waals surface area contributed by atoms with Crippen molar-refractivity contribution in [3.05, 3.63) is 60.2 Å². The third kappa shape index (κ3) is 6.24. The van der Waals surface area contributed by atoms with Gasteiger partial charge in [-0.15, -0.1) is 0 Å². The Morgan fingerprint density at radius 2 is 1.52 bits per heavy atom. The van der Waals surface area contributed by atoms with Crippen molar-refractivity contribution in [2.75, 3.05) is 16.8 Å². The van der Waals surface area contributed by atoms with Gasteiger partial charge in [0, 0.05) is 18.7 Å². The number of unbranched alkanes of at least 4 members (excludes halogenated alkanes) is 4.